The van der Waals surface area contributed by atoms with E-state index in [1.165, 1.54) is 34.0 Å². The Balaban J connectivity index is 1.77. The third kappa shape index (κ3) is 3.79. The normalized spacial score (nSPS) is 10.9. The monoisotopic (exact) mass is 402 g/mol. The van der Waals surface area contributed by atoms with Gasteiger partial charge in [-0.15, -0.1) is 0 Å². The summed E-state index contributed by atoms with van der Waals surface area (Å²) in [5, 5.41) is 10.0. The summed E-state index contributed by atoms with van der Waals surface area (Å²) >= 11 is 1.45. The van der Waals surface area contributed by atoms with Crippen LogP contribution >= 0.6 is 11.8 Å². The molecule has 29 heavy (non-hydrogen) atoms. The average Bonchev–Trinajstić information content (AvgIpc) is 3.11. The van der Waals surface area contributed by atoms with Crippen molar-refractivity contribution in [1.82, 2.24) is 9.55 Å². The van der Waals surface area contributed by atoms with Gasteiger partial charge in [0.1, 0.15) is 0 Å². The second-order valence-electron chi connectivity index (χ2n) is 6.65. The smallest absolute Gasteiger partial charge is 0.336 e. The maximum atomic E-state index is 13.4. The van der Waals surface area contributed by atoms with E-state index in [0.717, 1.165) is 5.56 Å². The summed E-state index contributed by atoms with van der Waals surface area (Å²) in [5.41, 5.74) is 3.78. The molecule has 0 aliphatic carbocycles. The number of imidazole rings is 1. The topological polar surface area (TPSA) is 72.2 Å². The standard InChI is InChI=1S/C23H18N2O3S/c1-15-10-12-16(13-11-15)14-29-23-24-19-8-4-5-9-20(19)25(23)21(26)17-6-2-3-7-18(17)22(27)28/h2-13H,14H2,1H3,(H,27,28). The second-order valence-corrected chi connectivity index (χ2v) is 7.59. The number of carbonyl (C=O) groups is 2. The van der Waals surface area contributed by atoms with E-state index in [-0.39, 0.29) is 11.1 Å². The Morgan fingerprint density at radius 2 is 1.59 bits per heavy atom. The number of aryl methyl sites for hydroxylation is 1. The molecular weight excluding hydrogens is 384 g/mol. The lowest BCUT2D eigenvalue weighted by Gasteiger charge is -2.10. The number of carboxylic acid groups (broad SMARTS) is 1. The van der Waals surface area contributed by atoms with Gasteiger partial charge < -0.3 is 5.11 Å². The lowest BCUT2D eigenvalue weighted by Crippen LogP contribution is -2.17. The van der Waals surface area contributed by atoms with E-state index >= 15 is 0 Å². The van der Waals surface area contributed by atoms with Crippen LogP contribution in [0.1, 0.15) is 31.8 Å². The van der Waals surface area contributed by atoms with Crippen LogP contribution < -0.4 is 0 Å². The Labute approximate surface area is 172 Å². The molecule has 3 aromatic carbocycles. The van der Waals surface area contributed by atoms with Crippen molar-refractivity contribution >= 4 is 34.7 Å². The van der Waals surface area contributed by atoms with E-state index < -0.39 is 11.9 Å². The molecule has 4 aromatic rings. The lowest BCUT2D eigenvalue weighted by molar-refractivity contribution is 0.0691. The van der Waals surface area contributed by atoms with E-state index in [4.69, 9.17) is 0 Å². The first-order valence-electron chi connectivity index (χ1n) is 9.07. The summed E-state index contributed by atoms with van der Waals surface area (Å²) in [4.78, 5) is 29.6. The summed E-state index contributed by atoms with van der Waals surface area (Å²) in [6.07, 6.45) is 0. The van der Waals surface area contributed by atoms with Crippen LogP contribution in [0.15, 0.2) is 78.0 Å². The molecule has 0 fully saturated rings. The van der Waals surface area contributed by atoms with Crippen molar-refractivity contribution in [2.75, 3.05) is 0 Å². The highest BCUT2D eigenvalue weighted by Crippen LogP contribution is 2.28. The van der Waals surface area contributed by atoms with Crippen molar-refractivity contribution in [3.05, 3.63) is 95.1 Å². The minimum absolute atomic E-state index is 0.0234. The van der Waals surface area contributed by atoms with Gasteiger partial charge in [-0.3, -0.25) is 9.36 Å². The van der Waals surface area contributed by atoms with Crippen molar-refractivity contribution < 1.29 is 14.7 Å². The van der Waals surface area contributed by atoms with Gasteiger partial charge in [0.25, 0.3) is 5.91 Å². The number of para-hydroxylation sites is 2. The van der Waals surface area contributed by atoms with Crippen LogP contribution in [0.3, 0.4) is 0 Å². The van der Waals surface area contributed by atoms with Gasteiger partial charge in [-0.1, -0.05) is 65.9 Å². The predicted molar refractivity (Wildman–Crippen MR) is 114 cm³/mol. The number of rotatable bonds is 5. The van der Waals surface area contributed by atoms with Crippen molar-refractivity contribution in [1.29, 1.82) is 0 Å². The molecule has 0 saturated carbocycles. The molecule has 144 valence electrons. The molecule has 0 bridgehead atoms. The van der Waals surface area contributed by atoms with E-state index in [1.807, 2.05) is 43.3 Å². The highest BCUT2D eigenvalue weighted by Gasteiger charge is 2.22. The Bertz CT molecular complexity index is 1210. The van der Waals surface area contributed by atoms with Gasteiger partial charge in [0.2, 0.25) is 0 Å². The summed E-state index contributed by atoms with van der Waals surface area (Å²) in [6, 6.07) is 21.8. The van der Waals surface area contributed by atoms with Gasteiger partial charge in [0, 0.05) is 5.75 Å². The van der Waals surface area contributed by atoms with Crippen LogP contribution in [0.5, 0.6) is 0 Å². The zero-order valence-corrected chi connectivity index (χ0v) is 16.5. The number of hydrogen-bond donors (Lipinski definition) is 1. The zero-order chi connectivity index (χ0) is 20.4. The fraction of sp³-hybridized carbons (Fsp3) is 0.0870. The molecule has 1 heterocycles. The van der Waals surface area contributed by atoms with Crippen LogP contribution in [0.4, 0.5) is 0 Å². The van der Waals surface area contributed by atoms with Crippen LogP contribution in [0, 0.1) is 6.92 Å². The number of thioether (sulfide) groups is 1. The Hall–Kier alpha value is -3.38. The molecule has 1 aromatic heterocycles. The Kier molecular flexibility index (Phi) is 5.18. The third-order valence-electron chi connectivity index (χ3n) is 4.61. The predicted octanol–water partition coefficient (Wildman–Crippen LogP) is 5.02. The molecule has 0 saturated heterocycles. The van der Waals surface area contributed by atoms with E-state index in [9.17, 15) is 14.7 Å². The molecule has 0 spiro atoms. The van der Waals surface area contributed by atoms with Gasteiger partial charge in [-0.25, -0.2) is 9.78 Å². The van der Waals surface area contributed by atoms with Gasteiger partial charge in [0.05, 0.1) is 22.2 Å². The third-order valence-corrected chi connectivity index (χ3v) is 5.62. The fourth-order valence-corrected chi connectivity index (χ4v) is 4.07. The van der Waals surface area contributed by atoms with Gasteiger partial charge in [-0.2, -0.15) is 0 Å². The summed E-state index contributed by atoms with van der Waals surface area (Å²) in [7, 11) is 0. The molecule has 5 nitrogen and oxygen atoms in total. The first-order valence-corrected chi connectivity index (χ1v) is 10.1. The number of aromatic carboxylic acids is 1. The van der Waals surface area contributed by atoms with Gasteiger partial charge in [0.15, 0.2) is 5.16 Å². The van der Waals surface area contributed by atoms with Crippen LogP contribution in [-0.2, 0) is 5.75 Å². The highest BCUT2D eigenvalue weighted by molar-refractivity contribution is 7.98. The quantitative estimate of drug-likeness (QED) is 0.474. The Morgan fingerprint density at radius 1 is 0.931 bits per heavy atom. The van der Waals surface area contributed by atoms with Crippen molar-refractivity contribution in [3.63, 3.8) is 0 Å². The molecule has 0 unspecified atom stereocenters. The van der Waals surface area contributed by atoms with E-state index in [0.29, 0.717) is 21.9 Å². The maximum Gasteiger partial charge on any atom is 0.336 e. The van der Waals surface area contributed by atoms with Crippen LogP contribution in [0.2, 0.25) is 0 Å². The molecule has 0 atom stereocenters. The van der Waals surface area contributed by atoms with E-state index in [2.05, 4.69) is 17.1 Å². The summed E-state index contributed by atoms with van der Waals surface area (Å²) in [6.45, 7) is 2.04. The van der Waals surface area contributed by atoms with Crippen molar-refractivity contribution in [3.8, 4) is 0 Å². The first-order chi connectivity index (χ1) is 14.0. The number of fused-ring (bicyclic) bond motifs is 1. The summed E-state index contributed by atoms with van der Waals surface area (Å²) in [5.74, 6) is -0.882. The molecule has 6 heteroatoms. The minimum atomic E-state index is -1.13. The second kappa shape index (κ2) is 7.93. The molecule has 0 aliphatic rings. The van der Waals surface area contributed by atoms with Gasteiger partial charge >= 0.3 is 5.97 Å². The minimum Gasteiger partial charge on any atom is -0.478 e. The number of benzene rings is 3. The SMILES string of the molecule is Cc1ccc(CSc2nc3ccccc3n2C(=O)c2ccccc2C(=O)O)cc1. The molecule has 4 rings (SSSR count). The number of hydrogen-bond acceptors (Lipinski definition) is 4. The fourth-order valence-electron chi connectivity index (χ4n) is 3.11. The molecular formula is C23H18N2O3S. The summed E-state index contributed by atoms with van der Waals surface area (Å²) < 4.78 is 1.51. The first kappa shape index (κ1) is 19.0. The number of carbonyl (C=O) groups excluding carboxylic acids is 1. The largest absolute Gasteiger partial charge is 0.478 e. The highest BCUT2D eigenvalue weighted by atomic mass is 32.2. The molecule has 0 amide bonds. The zero-order valence-electron chi connectivity index (χ0n) is 15.7. The number of aromatic nitrogens is 2. The van der Waals surface area contributed by atoms with Crippen LogP contribution in [-0.4, -0.2) is 26.5 Å². The molecule has 1 N–H and O–H groups in total. The van der Waals surface area contributed by atoms with Gasteiger partial charge in [-0.05, 0) is 36.8 Å². The number of carboxylic acids is 1. The molecule has 0 aliphatic heterocycles. The van der Waals surface area contributed by atoms with E-state index in [1.54, 1.807) is 12.1 Å². The maximum absolute atomic E-state index is 13.4. The molecule has 0 radical (unpaired) electrons. The van der Waals surface area contributed by atoms with Crippen LogP contribution in [0.25, 0.3) is 11.0 Å². The Morgan fingerprint density at radius 3 is 2.31 bits per heavy atom. The van der Waals surface area contributed by atoms with Crippen molar-refractivity contribution in [2.24, 2.45) is 0 Å². The number of nitrogens with zero attached hydrogens (tertiary/aromatic N) is 2. The van der Waals surface area contributed by atoms with Crippen molar-refractivity contribution in [2.45, 2.75) is 17.8 Å². The lowest BCUT2D eigenvalue weighted by atomic mass is 10.1. The average molecular weight is 402 g/mol.